The molecule has 31 heavy (non-hydrogen) atoms. The van der Waals surface area contributed by atoms with Gasteiger partial charge in [0.15, 0.2) is 0 Å². The molecule has 160 valence electrons. The van der Waals surface area contributed by atoms with E-state index in [0.29, 0.717) is 11.8 Å². The summed E-state index contributed by atoms with van der Waals surface area (Å²) in [4.78, 5) is 2.53. The number of benzene rings is 2. The number of anilines is 2. The third kappa shape index (κ3) is 4.77. The van der Waals surface area contributed by atoms with Crippen molar-refractivity contribution in [2.75, 3.05) is 11.4 Å². The Morgan fingerprint density at radius 1 is 0.677 bits per heavy atom. The summed E-state index contributed by atoms with van der Waals surface area (Å²) in [5.41, 5.74) is 4.30. The summed E-state index contributed by atoms with van der Waals surface area (Å²) >= 11 is 0. The molecule has 2 aliphatic carbocycles. The molecule has 0 bridgehead atoms. The Hall–Kier alpha value is -2.80. The van der Waals surface area contributed by atoms with Crippen molar-refractivity contribution < 1.29 is 0 Å². The predicted octanol–water partition coefficient (Wildman–Crippen LogP) is 7.90. The van der Waals surface area contributed by atoms with Gasteiger partial charge in [0.25, 0.3) is 0 Å². The summed E-state index contributed by atoms with van der Waals surface area (Å²) in [6.45, 7) is 10.3. The minimum atomic E-state index is 0.135. The molecule has 0 amide bonds. The second-order valence-electron chi connectivity index (χ2n) is 10.1. The Labute approximate surface area is 188 Å². The van der Waals surface area contributed by atoms with Gasteiger partial charge in [0, 0.05) is 23.8 Å². The van der Waals surface area contributed by atoms with Gasteiger partial charge in [0.1, 0.15) is 0 Å². The Morgan fingerprint density at radius 2 is 1.26 bits per heavy atom. The maximum Gasteiger partial charge on any atom is 0.0443 e. The first kappa shape index (κ1) is 21.4. The average molecular weight is 410 g/mol. The molecule has 0 fully saturated rings. The van der Waals surface area contributed by atoms with Crippen LogP contribution in [0, 0.1) is 22.7 Å². The third-order valence-corrected chi connectivity index (χ3v) is 7.04. The Balaban J connectivity index is 1.71. The predicted molar refractivity (Wildman–Crippen MR) is 135 cm³/mol. The number of rotatable bonds is 6. The van der Waals surface area contributed by atoms with Gasteiger partial charge in [0.05, 0.1) is 0 Å². The first-order valence-electron chi connectivity index (χ1n) is 11.5. The largest absolute Gasteiger partial charge is 0.341 e. The van der Waals surface area contributed by atoms with E-state index >= 15 is 0 Å². The molecule has 0 spiro atoms. The maximum absolute atomic E-state index is 2.53. The molecule has 0 N–H and O–H groups in total. The van der Waals surface area contributed by atoms with Crippen molar-refractivity contribution in [3.8, 4) is 0 Å². The van der Waals surface area contributed by atoms with Crippen LogP contribution in [0.2, 0.25) is 0 Å². The van der Waals surface area contributed by atoms with E-state index in [1.165, 1.54) is 16.9 Å². The summed E-state index contributed by atoms with van der Waals surface area (Å²) in [7, 11) is 0. The molecule has 0 aromatic heterocycles. The number of nitrogens with zero attached hydrogens (tertiary/aromatic N) is 1. The van der Waals surface area contributed by atoms with Crippen LogP contribution in [-0.2, 0) is 6.42 Å². The van der Waals surface area contributed by atoms with Gasteiger partial charge in [-0.2, -0.15) is 0 Å². The number of hydrogen-bond acceptors (Lipinski definition) is 1. The third-order valence-electron chi connectivity index (χ3n) is 7.04. The monoisotopic (exact) mass is 409 g/mol. The van der Waals surface area contributed by atoms with Crippen LogP contribution in [0.5, 0.6) is 0 Å². The fourth-order valence-corrected chi connectivity index (χ4v) is 4.71. The van der Waals surface area contributed by atoms with Gasteiger partial charge in [-0.25, -0.2) is 0 Å². The van der Waals surface area contributed by atoms with Crippen LogP contribution in [0.1, 0.15) is 33.3 Å². The summed E-state index contributed by atoms with van der Waals surface area (Å²) in [6.07, 6.45) is 19.2. The van der Waals surface area contributed by atoms with E-state index in [1.807, 2.05) is 0 Å². The molecular formula is C30H35N. The number of allylic oxidation sites excluding steroid dienone is 7. The van der Waals surface area contributed by atoms with Crippen LogP contribution in [0.25, 0.3) is 0 Å². The highest BCUT2D eigenvalue weighted by Crippen LogP contribution is 2.40. The van der Waals surface area contributed by atoms with Crippen molar-refractivity contribution in [2.24, 2.45) is 22.7 Å². The van der Waals surface area contributed by atoms with Gasteiger partial charge in [-0.1, -0.05) is 113 Å². The van der Waals surface area contributed by atoms with Crippen LogP contribution in [-0.4, -0.2) is 6.54 Å². The fraction of sp³-hybridized carbons (Fsp3) is 0.333. The van der Waals surface area contributed by atoms with Gasteiger partial charge in [0.2, 0.25) is 0 Å². The summed E-state index contributed by atoms with van der Waals surface area (Å²) < 4.78 is 0. The van der Waals surface area contributed by atoms with Crippen LogP contribution >= 0.6 is 0 Å². The maximum atomic E-state index is 2.53. The van der Waals surface area contributed by atoms with Crippen molar-refractivity contribution in [1.82, 2.24) is 0 Å². The second kappa shape index (κ2) is 8.75. The molecule has 1 heteroatoms. The quantitative estimate of drug-likeness (QED) is 0.468. The van der Waals surface area contributed by atoms with Gasteiger partial charge < -0.3 is 4.90 Å². The van der Waals surface area contributed by atoms with E-state index in [9.17, 15) is 0 Å². The fourth-order valence-electron chi connectivity index (χ4n) is 4.71. The van der Waals surface area contributed by atoms with E-state index in [0.717, 1.165) is 13.0 Å². The first-order chi connectivity index (χ1) is 14.9. The van der Waals surface area contributed by atoms with Gasteiger partial charge >= 0.3 is 0 Å². The zero-order valence-corrected chi connectivity index (χ0v) is 19.3. The van der Waals surface area contributed by atoms with E-state index in [2.05, 4.69) is 136 Å². The van der Waals surface area contributed by atoms with E-state index in [1.54, 1.807) is 0 Å². The lowest BCUT2D eigenvalue weighted by Crippen LogP contribution is -2.34. The van der Waals surface area contributed by atoms with Crippen LogP contribution in [0.15, 0.2) is 103 Å². The lowest BCUT2D eigenvalue weighted by atomic mass is 9.73. The van der Waals surface area contributed by atoms with Crippen molar-refractivity contribution in [1.29, 1.82) is 0 Å². The van der Waals surface area contributed by atoms with Gasteiger partial charge in [-0.3, -0.25) is 0 Å². The van der Waals surface area contributed by atoms with Crippen LogP contribution < -0.4 is 4.90 Å². The Kier molecular flexibility index (Phi) is 6.05. The summed E-state index contributed by atoms with van der Waals surface area (Å²) in [5, 5.41) is 0. The molecule has 0 aliphatic heterocycles. The Morgan fingerprint density at radius 3 is 1.90 bits per heavy atom. The average Bonchev–Trinajstić information content (AvgIpc) is 2.75. The molecule has 2 aliphatic rings. The van der Waals surface area contributed by atoms with Crippen LogP contribution in [0.4, 0.5) is 11.4 Å². The Bertz CT molecular complexity index is 1000. The number of hydrogen-bond donors (Lipinski definition) is 0. The van der Waals surface area contributed by atoms with Crippen molar-refractivity contribution in [3.63, 3.8) is 0 Å². The minimum Gasteiger partial charge on any atom is -0.341 e. The summed E-state index contributed by atoms with van der Waals surface area (Å²) in [6, 6.07) is 19.8. The zero-order chi connectivity index (χ0) is 21.9. The SMILES string of the molecule is CC1(C)C=CC=CC1Cc1ccccc1N(CC1C=CC=CC1(C)C)c1ccccc1. The highest BCUT2D eigenvalue weighted by molar-refractivity contribution is 5.67. The minimum absolute atomic E-state index is 0.135. The molecule has 0 heterocycles. The lowest BCUT2D eigenvalue weighted by Gasteiger charge is -2.38. The van der Waals surface area contributed by atoms with E-state index in [-0.39, 0.29) is 10.8 Å². The smallest absolute Gasteiger partial charge is 0.0443 e. The molecule has 0 radical (unpaired) electrons. The molecule has 0 saturated carbocycles. The number of para-hydroxylation sites is 2. The molecule has 4 rings (SSSR count). The molecule has 2 aromatic carbocycles. The van der Waals surface area contributed by atoms with E-state index in [4.69, 9.17) is 0 Å². The van der Waals surface area contributed by atoms with Gasteiger partial charge in [-0.05, 0) is 46.9 Å². The van der Waals surface area contributed by atoms with E-state index < -0.39 is 0 Å². The zero-order valence-electron chi connectivity index (χ0n) is 19.3. The molecule has 2 aromatic rings. The first-order valence-corrected chi connectivity index (χ1v) is 11.5. The standard InChI is InChI=1S/C30H35N/c1-29(2)20-12-10-15-25(29)22-24-14-8-9-19-28(24)31(27-17-6-5-7-18-27)23-26-16-11-13-21-30(26,3)4/h5-21,25-26H,22-23H2,1-4H3. The van der Waals surface area contributed by atoms with Crippen molar-refractivity contribution >= 4 is 11.4 Å². The molecule has 2 unspecified atom stereocenters. The normalized spacial score (nSPS) is 23.1. The lowest BCUT2D eigenvalue weighted by molar-refractivity contribution is 0.336. The highest BCUT2D eigenvalue weighted by atomic mass is 15.1. The molecular weight excluding hydrogens is 374 g/mol. The molecule has 0 saturated heterocycles. The molecule has 1 nitrogen and oxygen atoms in total. The summed E-state index contributed by atoms with van der Waals surface area (Å²) in [5.74, 6) is 0.935. The highest BCUT2D eigenvalue weighted by Gasteiger charge is 2.31. The second-order valence-corrected chi connectivity index (χ2v) is 10.1. The van der Waals surface area contributed by atoms with Crippen LogP contribution in [0.3, 0.4) is 0 Å². The van der Waals surface area contributed by atoms with Gasteiger partial charge in [-0.15, -0.1) is 0 Å². The topological polar surface area (TPSA) is 3.24 Å². The van der Waals surface area contributed by atoms with Crippen molar-refractivity contribution in [3.05, 3.63) is 109 Å². The van der Waals surface area contributed by atoms with Crippen molar-refractivity contribution in [2.45, 2.75) is 34.1 Å². The molecule has 2 atom stereocenters.